The molecule has 0 amide bonds. The number of benzene rings is 1. The van der Waals surface area contributed by atoms with Crippen molar-refractivity contribution in [1.82, 2.24) is 4.90 Å². The first kappa shape index (κ1) is 20.5. The van der Waals surface area contributed by atoms with E-state index in [1.54, 1.807) is 7.11 Å². The van der Waals surface area contributed by atoms with Gasteiger partial charge < -0.3 is 14.7 Å². The van der Waals surface area contributed by atoms with E-state index in [1.807, 2.05) is 12.1 Å². The number of carbonyl (C=O) groups is 1. The average Bonchev–Trinajstić information content (AvgIpc) is 3.45. The van der Waals surface area contributed by atoms with E-state index in [1.165, 1.54) is 17.8 Å². The zero-order valence-corrected chi connectivity index (χ0v) is 17.2. The predicted molar refractivity (Wildman–Crippen MR) is 110 cm³/mol. The van der Waals surface area contributed by atoms with Crippen LogP contribution in [-0.2, 0) is 9.53 Å². The first-order chi connectivity index (χ1) is 14.0. The molecule has 158 valence electrons. The molecule has 0 spiro atoms. The fraction of sp³-hybridized carbons (Fsp3) is 0.652. The summed E-state index contributed by atoms with van der Waals surface area (Å²) in [7, 11) is 1.74. The van der Waals surface area contributed by atoms with Crippen molar-refractivity contribution in [3.8, 4) is 0 Å². The van der Waals surface area contributed by atoms with Crippen LogP contribution in [0.5, 0.6) is 0 Å². The second-order valence-electron chi connectivity index (χ2n) is 9.26. The van der Waals surface area contributed by atoms with Crippen LogP contribution in [0.3, 0.4) is 0 Å². The summed E-state index contributed by atoms with van der Waals surface area (Å²) in [5, 5.41) is 9.60. The summed E-state index contributed by atoms with van der Waals surface area (Å²) in [5.41, 5.74) is 1.86. The molecule has 1 N–H and O–H groups in total. The number of carboxylic acids is 1. The van der Waals surface area contributed by atoms with E-state index in [2.05, 4.69) is 4.90 Å². The minimum Gasteiger partial charge on any atom is -0.481 e. The van der Waals surface area contributed by atoms with E-state index in [0.29, 0.717) is 19.1 Å². The van der Waals surface area contributed by atoms with Crippen LogP contribution in [-0.4, -0.2) is 61.6 Å². The molecule has 3 aliphatic rings. The van der Waals surface area contributed by atoms with Crippen molar-refractivity contribution in [2.45, 2.75) is 44.4 Å². The van der Waals surface area contributed by atoms with Crippen LogP contribution in [0.25, 0.3) is 0 Å². The van der Waals surface area contributed by atoms with Crippen molar-refractivity contribution in [1.29, 1.82) is 0 Å². The minimum atomic E-state index is -0.635. The number of hydrogen-bond donors (Lipinski definition) is 1. The summed E-state index contributed by atoms with van der Waals surface area (Å²) in [6.07, 6.45) is 5.56. The monoisotopic (exact) mass is 402 g/mol. The molecule has 1 aromatic carbocycles. The number of piperidine rings is 1. The summed E-state index contributed by atoms with van der Waals surface area (Å²) in [6, 6.07) is 6.73. The highest BCUT2D eigenvalue weighted by molar-refractivity contribution is 6.05. The van der Waals surface area contributed by atoms with Gasteiger partial charge in [0.2, 0.25) is 0 Å². The fourth-order valence-electron chi connectivity index (χ4n) is 4.91. The Morgan fingerprint density at radius 3 is 2.48 bits per heavy atom. The molecule has 1 heterocycles. The lowest BCUT2D eigenvalue weighted by atomic mass is 9.68. The van der Waals surface area contributed by atoms with Gasteiger partial charge in [-0.1, -0.05) is 18.6 Å². The van der Waals surface area contributed by atoms with Gasteiger partial charge in [-0.2, -0.15) is 0 Å². The second kappa shape index (κ2) is 8.15. The zero-order chi connectivity index (χ0) is 20.5. The Labute approximate surface area is 172 Å². The van der Waals surface area contributed by atoms with Gasteiger partial charge in [-0.25, -0.2) is 4.39 Å². The zero-order valence-electron chi connectivity index (χ0n) is 17.2. The van der Waals surface area contributed by atoms with Gasteiger partial charge in [-0.3, -0.25) is 9.79 Å². The van der Waals surface area contributed by atoms with Crippen LogP contribution < -0.4 is 0 Å². The minimum absolute atomic E-state index is 0.0319. The molecule has 3 fully saturated rings. The average molecular weight is 403 g/mol. The standard InChI is InChI=1S/C23H31FN2O3/c1-29-16-22(14-25-20-13-19(20)17-3-5-18(24)6-4-17)9-11-26(12-10-22)15-23(21(27)28)7-2-8-23/h3-6,19H,2,7-16H2,1H3,(H,27,28). The number of hydrogen-bond acceptors (Lipinski definition) is 4. The molecule has 6 heteroatoms. The van der Waals surface area contributed by atoms with Crippen LogP contribution in [0.2, 0.25) is 0 Å². The summed E-state index contributed by atoms with van der Waals surface area (Å²) in [4.78, 5) is 18.9. The molecular formula is C23H31FN2O3. The number of rotatable bonds is 8. The van der Waals surface area contributed by atoms with Gasteiger partial charge in [0.1, 0.15) is 5.82 Å². The molecule has 1 atom stereocenters. The van der Waals surface area contributed by atoms with Crippen molar-refractivity contribution in [2.24, 2.45) is 15.8 Å². The molecule has 2 saturated carbocycles. The summed E-state index contributed by atoms with van der Waals surface area (Å²) in [5.74, 6) is -0.501. The third-order valence-corrected chi connectivity index (χ3v) is 7.20. The Morgan fingerprint density at radius 2 is 1.93 bits per heavy atom. The Morgan fingerprint density at radius 1 is 1.24 bits per heavy atom. The van der Waals surface area contributed by atoms with Crippen LogP contribution in [0.15, 0.2) is 29.3 Å². The molecule has 5 nitrogen and oxygen atoms in total. The highest BCUT2D eigenvalue weighted by atomic mass is 19.1. The van der Waals surface area contributed by atoms with E-state index >= 15 is 0 Å². The smallest absolute Gasteiger partial charge is 0.310 e. The lowest BCUT2D eigenvalue weighted by Gasteiger charge is -2.46. The van der Waals surface area contributed by atoms with Gasteiger partial charge in [-0.05, 0) is 62.9 Å². The van der Waals surface area contributed by atoms with Crippen molar-refractivity contribution in [2.75, 3.05) is 39.9 Å². The van der Waals surface area contributed by atoms with E-state index in [4.69, 9.17) is 9.73 Å². The quantitative estimate of drug-likeness (QED) is 0.720. The van der Waals surface area contributed by atoms with E-state index in [9.17, 15) is 14.3 Å². The maximum Gasteiger partial charge on any atom is 0.310 e. The molecule has 1 aromatic rings. The van der Waals surface area contributed by atoms with Crippen molar-refractivity contribution in [3.63, 3.8) is 0 Å². The molecule has 1 unspecified atom stereocenters. The van der Waals surface area contributed by atoms with Gasteiger partial charge in [0, 0.05) is 37.2 Å². The number of halogens is 1. The molecule has 0 radical (unpaired) electrons. The Hall–Kier alpha value is -1.79. The molecular weight excluding hydrogens is 371 g/mol. The number of methoxy groups -OCH3 is 1. The summed E-state index contributed by atoms with van der Waals surface area (Å²) >= 11 is 0. The largest absolute Gasteiger partial charge is 0.481 e. The number of likely N-dealkylation sites (tertiary alicyclic amines) is 1. The van der Waals surface area contributed by atoms with Crippen LogP contribution in [0.4, 0.5) is 4.39 Å². The van der Waals surface area contributed by atoms with Gasteiger partial charge in [0.25, 0.3) is 0 Å². The van der Waals surface area contributed by atoms with Crippen LogP contribution >= 0.6 is 0 Å². The molecule has 1 saturated heterocycles. The number of ether oxygens (including phenoxy) is 1. The van der Waals surface area contributed by atoms with Gasteiger partial charge in [0.05, 0.1) is 12.0 Å². The maximum atomic E-state index is 13.1. The van der Waals surface area contributed by atoms with Crippen molar-refractivity contribution in [3.05, 3.63) is 35.6 Å². The molecule has 1 aliphatic heterocycles. The molecule has 29 heavy (non-hydrogen) atoms. The summed E-state index contributed by atoms with van der Waals surface area (Å²) < 4.78 is 18.7. The second-order valence-corrected chi connectivity index (χ2v) is 9.26. The highest BCUT2D eigenvalue weighted by Crippen LogP contribution is 2.44. The Bertz CT molecular complexity index is 765. The van der Waals surface area contributed by atoms with Crippen LogP contribution in [0, 0.1) is 16.6 Å². The van der Waals surface area contributed by atoms with E-state index in [-0.39, 0.29) is 11.2 Å². The van der Waals surface area contributed by atoms with Gasteiger partial charge in [-0.15, -0.1) is 0 Å². The first-order valence-electron chi connectivity index (χ1n) is 10.7. The number of aliphatic carboxylic acids is 1. The lowest BCUT2D eigenvalue weighted by molar-refractivity contribution is -0.156. The van der Waals surface area contributed by atoms with Crippen molar-refractivity contribution < 1.29 is 19.0 Å². The highest BCUT2D eigenvalue weighted by Gasteiger charge is 2.47. The third kappa shape index (κ3) is 4.38. The lowest BCUT2D eigenvalue weighted by Crippen LogP contribution is -2.52. The summed E-state index contributed by atoms with van der Waals surface area (Å²) in [6.45, 7) is 3.93. The molecule has 4 rings (SSSR count). The van der Waals surface area contributed by atoms with E-state index < -0.39 is 11.4 Å². The predicted octanol–water partition coefficient (Wildman–Crippen LogP) is 3.74. The van der Waals surface area contributed by atoms with E-state index in [0.717, 1.165) is 63.7 Å². The third-order valence-electron chi connectivity index (χ3n) is 7.20. The maximum absolute atomic E-state index is 13.1. The topological polar surface area (TPSA) is 62.1 Å². The molecule has 0 aromatic heterocycles. The fourth-order valence-corrected chi connectivity index (χ4v) is 4.91. The van der Waals surface area contributed by atoms with Crippen LogP contribution in [0.1, 0.15) is 50.0 Å². The Kier molecular flexibility index (Phi) is 5.76. The Balaban J connectivity index is 1.33. The molecule has 2 aliphatic carbocycles. The van der Waals surface area contributed by atoms with Crippen molar-refractivity contribution >= 4 is 11.7 Å². The molecule has 0 bridgehead atoms. The SMILES string of the molecule is COCC1(CN=C2CC2c2ccc(F)cc2)CCN(CC2(C(=O)O)CCC2)CC1. The number of nitrogens with zero attached hydrogens (tertiary/aromatic N) is 2. The van der Waals surface area contributed by atoms with Gasteiger partial charge in [0.15, 0.2) is 0 Å². The number of aliphatic imine (C=N–C) groups is 1. The first-order valence-corrected chi connectivity index (χ1v) is 10.7. The number of carboxylic acid groups (broad SMARTS) is 1. The normalized spacial score (nSPS) is 26.8. The van der Waals surface area contributed by atoms with Gasteiger partial charge >= 0.3 is 5.97 Å².